The number of halogens is 4. The van der Waals surface area contributed by atoms with Crippen molar-refractivity contribution >= 4 is 5.91 Å². The van der Waals surface area contributed by atoms with Crippen molar-refractivity contribution in [1.82, 2.24) is 14.8 Å². The molecule has 2 aromatic rings. The summed E-state index contributed by atoms with van der Waals surface area (Å²) in [6, 6.07) is 8.06. The van der Waals surface area contributed by atoms with Gasteiger partial charge in [0.05, 0.1) is 29.5 Å². The third-order valence-electron chi connectivity index (χ3n) is 7.20. The van der Waals surface area contributed by atoms with Crippen LogP contribution in [0.2, 0.25) is 0 Å². The number of rotatable bonds is 7. The number of carbonyl (C=O) groups excluding carboxylic acids is 1. The highest BCUT2D eigenvalue weighted by atomic mass is 19.4. The summed E-state index contributed by atoms with van der Waals surface area (Å²) >= 11 is 0. The lowest BCUT2D eigenvalue weighted by Crippen LogP contribution is -2.46. The molecular formula is C27H33F4N3O2. The first-order valence-corrected chi connectivity index (χ1v) is 12.5. The molecule has 0 aliphatic carbocycles. The number of piperidine rings is 1. The molecule has 36 heavy (non-hydrogen) atoms. The summed E-state index contributed by atoms with van der Waals surface area (Å²) in [5.41, 5.74) is -0.502. The van der Waals surface area contributed by atoms with E-state index in [1.807, 2.05) is 4.90 Å². The van der Waals surface area contributed by atoms with E-state index >= 15 is 0 Å². The Bertz CT molecular complexity index is 1040. The highest BCUT2D eigenvalue weighted by molar-refractivity contribution is 5.95. The molecule has 2 saturated heterocycles. The number of pyridine rings is 1. The maximum Gasteiger partial charge on any atom is 0.395 e. The van der Waals surface area contributed by atoms with E-state index in [1.54, 1.807) is 29.3 Å². The zero-order chi connectivity index (χ0) is 25.9. The zero-order valence-corrected chi connectivity index (χ0v) is 20.8. The Hall–Kier alpha value is -2.68. The van der Waals surface area contributed by atoms with Gasteiger partial charge in [0.2, 0.25) is 0 Å². The summed E-state index contributed by atoms with van der Waals surface area (Å²) in [5.74, 6) is 0.0186. The molecule has 5 nitrogen and oxygen atoms in total. The summed E-state index contributed by atoms with van der Waals surface area (Å²) in [5, 5.41) is 0. The average molecular weight is 508 g/mol. The number of benzene rings is 1. The van der Waals surface area contributed by atoms with Crippen LogP contribution in [0, 0.1) is 17.2 Å². The summed E-state index contributed by atoms with van der Waals surface area (Å²) in [7, 11) is 0. The Morgan fingerprint density at radius 1 is 1.06 bits per heavy atom. The number of aromatic nitrogens is 1. The number of alkyl halides is 3. The van der Waals surface area contributed by atoms with Gasteiger partial charge in [-0.2, -0.15) is 13.2 Å². The van der Waals surface area contributed by atoms with E-state index in [2.05, 4.69) is 4.98 Å². The SMILES string of the molecule is CC(C)(CN1CCC(COc2ccc(-c3ccc(C(=O)N4CCCC4)c(F)c3)nc2)CC1)C(F)(F)F. The Labute approximate surface area is 209 Å². The number of hydrogen-bond donors (Lipinski definition) is 0. The third kappa shape index (κ3) is 6.17. The topological polar surface area (TPSA) is 45.7 Å². The van der Waals surface area contributed by atoms with Crippen LogP contribution < -0.4 is 4.74 Å². The predicted molar refractivity (Wildman–Crippen MR) is 129 cm³/mol. The van der Waals surface area contributed by atoms with Crippen molar-refractivity contribution in [2.75, 3.05) is 39.3 Å². The van der Waals surface area contributed by atoms with Crippen molar-refractivity contribution in [2.24, 2.45) is 11.3 Å². The van der Waals surface area contributed by atoms with E-state index in [4.69, 9.17) is 4.74 Å². The predicted octanol–water partition coefficient (Wildman–Crippen LogP) is 5.80. The number of ether oxygens (including phenoxy) is 1. The molecule has 0 bridgehead atoms. The molecule has 0 spiro atoms. The second-order valence-corrected chi connectivity index (χ2v) is 10.5. The molecule has 2 fully saturated rings. The fraction of sp³-hybridized carbons (Fsp3) is 0.556. The van der Waals surface area contributed by atoms with Gasteiger partial charge in [0.25, 0.3) is 5.91 Å². The Morgan fingerprint density at radius 2 is 1.75 bits per heavy atom. The maximum atomic E-state index is 14.7. The van der Waals surface area contributed by atoms with Crippen molar-refractivity contribution in [2.45, 2.75) is 45.7 Å². The van der Waals surface area contributed by atoms with Crippen LogP contribution in [0.25, 0.3) is 11.3 Å². The fourth-order valence-corrected chi connectivity index (χ4v) is 4.75. The van der Waals surface area contributed by atoms with Crippen LogP contribution in [0.3, 0.4) is 0 Å². The summed E-state index contributed by atoms with van der Waals surface area (Å²) in [6.07, 6.45) is 0.817. The first kappa shape index (κ1) is 26.4. The van der Waals surface area contributed by atoms with Crippen LogP contribution >= 0.6 is 0 Å². The van der Waals surface area contributed by atoms with Gasteiger partial charge in [-0.1, -0.05) is 6.07 Å². The van der Waals surface area contributed by atoms with Gasteiger partial charge in [-0.15, -0.1) is 0 Å². The summed E-state index contributed by atoms with van der Waals surface area (Å²) in [4.78, 5) is 20.4. The number of hydrogen-bond acceptors (Lipinski definition) is 4. The minimum Gasteiger partial charge on any atom is -0.492 e. The molecule has 4 rings (SSSR count). The monoisotopic (exact) mass is 507 g/mol. The van der Waals surface area contributed by atoms with Crippen molar-refractivity contribution in [1.29, 1.82) is 0 Å². The van der Waals surface area contributed by atoms with E-state index in [1.165, 1.54) is 26.0 Å². The molecule has 1 aromatic heterocycles. The molecule has 2 aliphatic heterocycles. The van der Waals surface area contributed by atoms with Gasteiger partial charge < -0.3 is 14.5 Å². The number of amides is 1. The summed E-state index contributed by atoms with van der Waals surface area (Å²) in [6.45, 7) is 5.53. The zero-order valence-electron chi connectivity index (χ0n) is 20.8. The van der Waals surface area contributed by atoms with E-state index in [0.29, 0.717) is 49.8 Å². The van der Waals surface area contributed by atoms with E-state index in [9.17, 15) is 22.4 Å². The van der Waals surface area contributed by atoms with E-state index in [0.717, 1.165) is 25.7 Å². The fourth-order valence-electron chi connectivity index (χ4n) is 4.75. The first-order chi connectivity index (χ1) is 17.0. The number of likely N-dealkylation sites (tertiary alicyclic amines) is 2. The Balaban J connectivity index is 1.27. The van der Waals surface area contributed by atoms with Gasteiger partial charge in [0, 0.05) is 25.2 Å². The van der Waals surface area contributed by atoms with Gasteiger partial charge in [0.15, 0.2) is 0 Å². The average Bonchev–Trinajstić information content (AvgIpc) is 3.38. The molecule has 9 heteroatoms. The first-order valence-electron chi connectivity index (χ1n) is 12.5. The number of nitrogens with zero attached hydrogens (tertiary/aromatic N) is 3. The van der Waals surface area contributed by atoms with Crippen molar-refractivity contribution < 1.29 is 27.1 Å². The highest BCUT2D eigenvalue weighted by Gasteiger charge is 2.48. The molecule has 196 valence electrons. The molecule has 1 aromatic carbocycles. The smallest absolute Gasteiger partial charge is 0.395 e. The molecule has 0 unspecified atom stereocenters. The number of carbonyl (C=O) groups is 1. The highest BCUT2D eigenvalue weighted by Crippen LogP contribution is 2.38. The normalized spacial score (nSPS) is 18.0. The second-order valence-electron chi connectivity index (χ2n) is 10.5. The molecule has 0 radical (unpaired) electrons. The van der Waals surface area contributed by atoms with Crippen LogP contribution in [0.5, 0.6) is 5.75 Å². The lowest BCUT2D eigenvalue weighted by atomic mass is 9.89. The van der Waals surface area contributed by atoms with E-state index in [-0.39, 0.29) is 23.9 Å². The van der Waals surface area contributed by atoms with Crippen molar-refractivity contribution in [3.05, 3.63) is 47.9 Å². The van der Waals surface area contributed by atoms with Gasteiger partial charge in [-0.25, -0.2) is 4.39 Å². The van der Waals surface area contributed by atoms with Gasteiger partial charge >= 0.3 is 6.18 Å². The van der Waals surface area contributed by atoms with Crippen molar-refractivity contribution in [3.8, 4) is 17.0 Å². The quantitative estimate of drug-likeness (QED) is 0.444. The van der Waals surface area contributed by atoms with Crippen LogP contribution in [0.4, 0.5) is 17.6 Å². The molecular weight excluding hydrogens is 474 g/mol. The Kier molecular flexibility index (Phi) is 7.87. The van der Waals surface area contributed by atoms with Gasteiger partial charge in [-0.3, -0.25) is 9.78 Å². The van der Waals surface area contributed by atoms with Crippen LogP contribution in [0.15, 0.2) is 36.5 Å². The van der Waals surface area contributed by atoms with Gasteiger partial charge in [-0.05, 0) is 82.8 Å². The standard InChI is InChI=1S/C27H33F4N3O2/c1-26(2,27(29,30)31)18-33-13-9-19(10-14-33)17-36-21-6-8-24(32-16-21)20-5-7-22(23(28)15-20)25(35)34-11-3-4-12-34/h5-8,15-16,19H,3-4,9-14,17-18H2,1-2H3. The lowest BCUT2D eigenvalue weighted by Gasteiger charge is -2.38. The van der Waals surface area contributed by atoms with Gasteiger partial charge in [0.1, 0.15) is 11.6 Å². The molecule has 3 heterocycles. The molecule has 1 amide bonds. The van der Waals surface area contributed by atoms with Crippen LogP contribution in [-0.2, 0) is 0 Å². The Morgan fingerprint density at radius 3 is 2.33 bits per heavy atom. The third-order valence-corrected chi connectivity index (χ3v) is 7.20. The summed E-state index contributed by atoms with van der Waals surface area (Å²) < 4.78 is 60.0. The largest absolute Gasteiger partial charge is 0.492 e. The minimum atomic E-state index is -4.22. The minimum absolute atomic E-state index is 0.00342. The molecule has 0 atom stereocenters. The van der Waals surface area contributed by atoms with Crippen LogP contribution in [-0.4, -0.2) is 66.2 Å². The molecule has 2 aliphatic rings. The van der Waals surface area contributed by atoms with E-state index < -0.39 is 17.4 Å². The molecule has 0 N–H and O–H groups in total. The second kappa shape index (κ2) is 10.7. The van der Waals surface area contributed by atoms with Crippen LogP contribution in [0.1, 0.15) is 49.9 Å². The molecule has 0 saturated carbocycles. The lowest BCUT2D eigenvalue weighted by molar-refractivity contribution is -0.217. The van der Waals surface area contributed by atoms with Crippen molar-refractivity contribution in [3.63, 3.8) is 0 Å². The maximum absolute atomic E-state index is 14.7.